The van der Waals surface area contributed by atoms with E-state index in [1.54, 1.807) is 24.3 Å². The van der Waals surface area contributed by atoms with Crippen molar-refractivity contribution in [3.8, 4) is 0 Å². The topological polar surface area (TPSA) is 122 Å². The van der Waals surface area contributed by atoms with Crippen LogP contribution in [0.15, 0.2) is 28.8 Å². The highest BCUT2D eigenvalue weighted by Gasteiger charge is 2.24. The molecule has 1 aliphatic rings. The van der Waals surface area contributed by atoms with Crippen LogP contribution in [0.2, 0.25) is 0 Å². The molecule has 136 valence electrons. The molecule has 0 spiro atoms. The fourth-order valence-electron chi connectivity index (χ4n) is 2.84. The maximum absolute atomic E-state index is 12.4. The average Bonchev–Trinajstić information content (AvgIpc) is 3.06. The number of nitrogens with zero attached hydrogens (tertiary/aromatic N) is 1. The maximum atomic E-state index is 12.4. The molecule has 3 N–H and O–H groups in total. The van der Waals surface area contributed by atoms with Crippen molar-refractivity contribution in [2.75, 3.05) is 11.9 Å². The van der Waals surface area contributed by atoms with Gasteiger partial charge in [0.2, 0.25) is 0 Å². The highest BCUT2D eigenvalue weighted by Crippen LogP contribution is 2.24. The fraction of sp³-hybridized carbons (Fsp3) is 0.333. The first-order valence-electron chi connectivity index (χ1n) is 8.43. The van der Waals surface area contributed by atoms with Crippen LogP contribution in [-0.4, -0.2) is 34.6 Å². The standard InChI is InChI=1S/C18H19N3O5/c22-15(23)9-10-19-17(24)11-5-7-12(8-6-11)20-18(25)16-13-3-1-2-4-14(13)26-21-16/h5-8H,1-4,9-10H2,(H,19,24)(H,20,25)(H,22,23). The summed E-state index contributed by atoms with van der Waals surface area (Å²) in [7, 11) is 0. The summed E-state index contributed by atoms with van der Waals surface area (Å²) in [5, 5.41) is 17.7. The van der Waals surface area contributed by atoms with E-state index in [2.05, 4.69) is 15.8 Å². The smallest absolute Gasteiger partial charge is 0.305 e. The molecule has 1 aromatic carbocycles. The molecule has 0 fully saturated rings. The first kappa shape index (κ1) is 17.7. The number of carboxylic acid groups (broad SMARTS) is 1. The van der Waals surface area contributed by atoms with Crippen molar-refractivity contribution in [2.24, 2.45) is 0 Å². The van der Waals surface area contributed by atoms with Crippen molar-refractivity contribution in [2.45, 2.75) is 32.1 Å². The number of fused-ring (bicyclic) bond motifs is 1. The van der Waals surface area contributed by atoms with E-state index >= 15 is 0 Å². The second kappa shape index (κ2) is 7.81. The Kier molecular flexibility index (Phi) is 5.31. The van der Waals surface area contributed by atoms with Gasteiger partial charge in [-0.15, -0.1) is 0 Å². The van der Waals surface area contributed by atoms with Crippen molar-refractivity contribution < 1.29 is 24.0 Å². The predicted octanol–water partition coefficient (Wildman–Crippen LogP) is 2.01. The molecule has 8 heteroatoms. The first-order chi connectivity index (χ1) is 12.5. The van der Waals surface area contributed by atoms with Crippen LogP contribution in [0.4, 0.5) is 5.69 Å². The average molecular weight is 357 g/mol. The molecule has 0 bridgehead atoms. The second-order valence-corrected chi connectivity index (χ2v) is 6.07. The Morgan fingerprint density at radius 1 is 1.08 bits per heavy atom. The summed E-state index contributed by atoms with van der Waals surface area (Å²) in [6.45, 7) is 0.0594. The number of carbonyl (C=O) groups is 3. The van der Waals surface area contributed by atoms with E-state index in [1.807, 2.05) is 0 Å². The number of amides is 2. The van der Waals surface area contributed by atoms with E-state index in [4.69, 9.17) is 9.63 Å². The van der Waals surface area contributed by atoms with Crippen LogP contribution in [0.3, 0.4) is 0 Å². The van der Waals surface area contributed by atoms with Crippen LogP contribution in [0.1, 0.15) is 51.4 Å². The number of carboxylic acids is 1. The van der Waals surface area contributed by atoms with E-state index in [-0.39, 0.29) is 24.8 Å². The Hall–Kier alpha value is -3.16. The van der Waals surface area contributed by atoms with Gasteiger partial charge in [-0.3, -0.25) is 14.4 Å². The summed E-state index contributed by atoms with van der Waals surface area (Å²) < 4.78 is 5.25. The largest absolute Gasteiger partial charge is 0.481 e. The van der Waals surface area contributed by atoms with Crippen molar-refractivity contribution >= 4 is 23.5 Å². The quantitative estimate of drug-likeness (QED) is 0.727. The van der Waals surface area contributed by atoms with E-state index < -0.39 is 5.97 Å². The molecular weight excluding hydrogens is 338 g/mol. The molecule has 2 aromatic rings. The highest BCUT2D eigenvalue weighted by atomic mass is 16.5. The lowest BCUT2D eigenvalue weighted by molar-refractivity contribution is -0.136. The zero-order chi connectivity index (χ0) is 18.5. The van der Waals surface area contributed by atoms with Gasteiger partial charge in [0.25, 0.3) is 11.8 Å². The molecule has 2 amide bonds. The maximum Gasteiger partial charge on any atom is 0.305 e. The van der Waals surface area contributed by atoms with Crippen LogP contribution < -0.4 is 10.6 Å². The summed E-state index contributed by atoms with van der Waals surface area (Å²) in [6, 6.07) is 6.33. The molecule has 0 saturated heterocycles. The molecule has 0 unspecified atom stereocenters. The third-order valence-electron chi connectivity index (χ3n) is 4.19. The normalized spacial score (nSPS) is 12.9. The van der Waals surface area contributed by atoms with Gasteiger partial charge in [-0.25, -0.2) is 0 Å². The molecule has 0 radical (unpaired) electrons. The number of rotatable bonds is 6. The molecule has 0 aliphatic heterocycles. The van der Waals surface area contributed by atoms with E-state index in [1.165, 1.54) is 0 Å². The van der Waals surface area contributed by atoms with E-state index in [0.717, 1.165) is 37.0 Å². The molecule has 1 aromatic heterocycles. The molecule has 1 aliphatic carbocycles. The summed E-state index contributed by atoms with van der Waals surface area (Å²) in [4.78, 5) is 34.7. The molecule has 1 heterocycles. The minimum Gasteiger partial charge on any atom is -0.481 e. The summed E-state index contributed by atoms with van der Waals surface area (Å²) in [6.07, 6.45) is 3.51. The van der Waals surface area contributed by atoms with Crippen molar-refractivity contribution in [3.05, 3.63) is 46.8 Å². The van der Waals surface area contributed by atoms with Gasteiger partial charge in [-0.2, -0.15) is 0 Å². The second-order valence-electron chi connectivity index (χ2n) is 6.07. The van der Waals surface area contributed by atoms with E-state index in [9.17, 15) is 14.4 Å². The molecule has 0 atom stereocenters. The number of anilines is 1. The number of hydrogen-bond donors (Lipinski definition) is 3. The molecule has 0 saturated carbocycles. The van der Waals surface area contributed by atoms with Crippen molar-refractivity contribution in [1.82, 2.24) is 10.5 Å². The Morgan fingerprint density at radius 3 is 2.54 bits per heavy atom. The number of aryl methyl sites for hydroxylation is 1. The predicted molar refractivity (Wildman–Crippen MR) is 92.1 cm³/mol. The number of benzene rings is 1. The molecule has 3 rings (SSSR count). The van der Waals surface area contributed by atoms with E-state index in [0.29, 0.717) is 16.9 Å². The Balaban J connectivity index is 1.60. The highest BCUT2D eigenvalue weighted by molar-refractivity contribution is 6.04. The van der Waals surface area contributed by atoms with Gasteiger partial charge in [0.15, 0.2) is 5.69 Å². The lowest BCUT2D eigenvalue weighted by atomic mass is 9.96. The van der Waals surface area contributed by atoms with Gasteiger partial charge in [-0.1, -0.05) is 5.16 Å². The molecule has 26 heavy (non-hydrogen) atoms. The number of aliphatic carboxylic acids is 1. The van der Waals surface area contributed by atoms with Crippen molar-refractivity contribution in [1.29, 1.82) is 0 Å². The van der Waals surface area contributed by atoms with Gasteiger partial charge in [0.05, 0.1) is 6.42 Å². The minimum atomic E-state index is -0.974. The van der Waals surface area contributed by atoms with Gasteiger partial charge in [0, 0.05) is 29.8 Å². The summed E-state index contributed by atoms with van der Waals surface area (Å²) in [5.41, 5.74) is 2.11. The molecular formula is C18H19N3O5. The molecule has 8 nitrogen and oxygen atoms in total. The monoisotopic (exact) mass is 357 g/mol. The van der Waals surface area contributed by atoms with Gasteiger partial charge >= 0.3 is 5.97 Å². The Bertz CT molecular complexity index is 826. The summed E-state index contributed by atoms with van der Waals surface area (Å²) in [5.74, 6) is -0.890. The third-order valence-corrected chi connectivity index (χ3v) is 4.19. The van der Waals surface area contributed by atoms with Crippen LogP contribution in [0.25, 0.3) is 0 Å². The first-order valence-corrected chi connectivity index (χ1v) is 8.43. The van der Waals surface area contributed by atoms with Gasteiger partial charge in [0.1, 0.15) is 5.76 Å². The number of carbonyl (C=O) groups excluding carboxylic acids is 2. The zero-order valence-electron chi connectivity index (χ0n) is 14.1. The fourth-order valence-corrected chi connectivity index (χ4v) is 2.84. The number of nitrogens with one attached hydrogen (secondary N) is 2. The Labute approximate surface area is 149 Å². The summed E-state index contributed by atoms with van der Waals surface area (Å²) >= 11 is 0. The Morgan fingerprint density at radius 2 is 1.81 bits per heavy atom. The van der Waals surface area contributed by atoms with Crippen LogP contribution in [-0.2, 0) is 17.6 Å². The minimum absolute atomic E-state index is 0.0594. The number of hydrogen-bond acceptors (Lipinski definition) is 5. The lowest BCUT2D eigenvalue weighted by Gasteiger charge is -2.09. The van der Waals surface area contributed by atoms with Crippen molar-refractivity contribution in [3.63, 3.8) is 0 Å². The number of aromatic nitrogens is 1. The SMILES string of the molecule is O=C(O)CCNC(=O)c1ccc(NC(=O)c2noc3c2CCCC3)cc1. The van der Waals surface area contributed by atoms with Crippen LogP contribution in [0.5, 0.6) is 0 Å². The zero-order valence-corrected chi connectivity index (χ0v) is 14.1. The van der Waals surface area contributed by atoms with Crippen LogP contribution >= 0.6 is 0 Å². The van der Waals surface area contributed by atoms with Crippen LogP contribution in [0, 0.1) is 0 Å². The van der Waals surface area contributed by atoms with Gasteiger partial charge < -0.3 is 20.3 Å². The van der Waals surface area contributed by atoms with Gasteiger partial charge in [-0.05, 0) is 43.5 Å². The third kappa shape index (κ3) is 4.08. The lowest BCUT2D eigenvalue weighted by Crippen LogP contribution is -2.26.